The van der Waals surface area contributed by atoms with Gasteiger partial charge in [0.15, 0.2) is 5.11 Å². The van der Waals surface area contributed by atoms with Crippen LogP contribution in [0.1, 0.15) is 48.7 Å². The second kappa shape index (κ2) is 11.8. The molecule has 172 valence electrons. The van der Waals surface area contributed by atoms with Crippen LogP contribution in [0.2, 0.25) is 5.02 Å². The van der Waals surface area contributed by atoms with E-state index in [1.807, 2.05) is 26.8 Å². The van der Waals surface area contributed by atoms with Crippen LogP contribution in [0, 0.1) is 12.8 Å². The number of aryl methyl sites for hydroxylation is 1. The fraction of sp³-hybridized carbons (Fsp3) is 0.375. The number of carbonyl (C=O) groups excluding carboxylic acids is 2. The highest BCUT2D eigenvalue weighted by Crippen LogP contribution is 2.22. The van der Waals surface area contributed by atoms with E-state index in [0.29, 0.717) is 29.3 Å². The number of esters is 1. The number of carboxylic acids is 1. The van der Waals surface area contributed by atoms with Gasteiger partial charge in [0.25, 0.3) is 0 Å². The van der Waals surface area contributed by atoms with Gasteiger partial charge in [0.1, 0.15) is 0 Å². The summed E-state index contributed by atoms with van der Waals surface area (Å²) in [6, 6.07) is 11.3. The topological polar surface area (TPSA) is 81.7 Å². The van der Waals surface area contributed by atoms with Gasteiger partial charge in [-0.3, -0.25) is 0 Å². The van der Waals surface area contributed by atoms with Crippen molar-refractivity contribution >= 4 is 46.6 Å². The molecule has 0 aliphatic rings. The first kappa shape index (κ1) is 25.6. The highest BCUT2D eigenvalue weighted by atomic mass is 35.5. The van der Waals surface area contributed by atoms with Crippen LogP contribution in [0.25, 0.3) is 0 Å². The molecule has 2 aromatic rings. The summed E-state index contributed by atoms with van der Waals surface area (Å²) in [5.41, 5.74) is 2.81. The fourth-order valence-corrected chi connectivity index (χ4v) is 3.62. The molecule has 0 aromatic heterocycles. The maximum Gasteiger partial charge on any atom is 0.338 e. The van der Waals surface area contributed by atoms with Crippen LogP contribution in [-0.2, 0) is 16.1 Å². The van der Waals surface area contributed by atoms with Gasteiger partial charge in [0.05, 0.1) is 24.2 Å². The first-order chi connectivity index (χ1) is 15.1. The van der Waals surface area contributed by atoms with Crippen LogP contribution in [0.4, 0.5) is 5.69 Å². The number of hydrogen-bond donors (Lipinski definition) is 1. The lowest BCUT2D eigenvalue weighted by molar-refractivity contribution is -0.311. The molecule has 32 heavy (non-hydrogen) atoms. The zero-order valence-electron chi connectivity index (χ0n) is 18.7. The molecule has 0 aliphatic heterocycles. The number of anilines is 1. The molecule has 8 heteroatoms. The summed E-state index contributed by atoms with van der Waals surface area (Å²) in [5.74, 6) is -1.48. The molecule has 0 heterocycles. The Bertz CT molecular complexity index is 963. The van der Waals surface area contributed by atoms with Crippen molar-refractivity contribution in [1.82, 2.24) is 4.90 Å². The second-order valence-electron chi connectivity index (χ2n) is 7.90. The van der Waals surface area contributed by atoms with Gasteiger partial charge < -0.3 is 24.9 Å². The summed E-state index contributed by atoms with van der Waals surface area (Å²) in [5, 5.41) is 16.0. The molecule has 0 aliphatic carbocycles. The fourth-order valence-electron chi connectivity index (χ4n) is 3.20. The van der Waals surface area contributed by atoms with Crippen molar-refractivity contribution < 1.29 is 19.4 Å². The average Bonchev–Trinajstić information content (AvgIpc) is 2.73. The average molecular weight is 476 g/mol. The van der Waals surface area contributed by atoms with E-state index in [0.717, 1.165) is 11.1 Å². The highest BCUT2D eigenvalue weighted by molar-refractivity contribution is 7.80. The van der Waals surface area contributed by atoms with E-state index in [-0.39, 0.29) is 17.6 Å². The molecule has 2 aromatic carbocycles. The van der Waals surface area contributed by atoms with Crippen molar-refractivity contribution in [3.05, 3.63) is 64.2 Å². The van der Waals surface area contributed by atoms with Gasteiger partial charge in [-0.1, -0.05) is 37.6 Å². The van der Waals surface area contributed by atoms with Crippen LogP contribution < -0.4 is 10.4 Å². The van der Waals surface area contributed by atoms with E-state index < -0.39 is 18.0 Å². The minimum absolute atomic E-state index is 0.118. The summed E-state index contributed by atoms with van der Waals surface area (Å²) in [6.45, 7) is 8.04. The van der Waals surface area contributed by atoms with E-state index in [9.17, 15) is 14.7 Å². The summed E-state index contributed by atoms with van der Waals surface area (Å²) < 4.78 is 5.01. The second-order valence-corrected chi connectivity index (χ2v) is 8.70. The van der Waals surface area contributed by atoms with Gasteiger partial charge in [-0.2, -0.15) is 0 Å². The Balaban J connectivity index is 2.30. The lowest BCUT2D eigenvalue weighted by Gasteiger charge is -2.36. The Morgan fingerprint density at radius 2 is 1.84 bits per heavy atom. The number of aliphatic carboxylic acids is 1. The molecule has 1 unspecified atom stereocenters. The third-order valence-electron chi connectivity index (χ3n) is 4.83. The van der Waals surface area contributed by atoms with Gasteiger partial charge in [0.2, 0.25) is 0 Å². The molecule has 6 nitrogen and oxygen atoms in total. The van der Waals surface area contributed by atoms with Crippen LogP contribution in [-0.4, -0.2) is 34.6 Å². The molecule has 0 fully saturated rings. The smallest absolute Gasteiger partial charge is 0.338 e. The Morgan fingerprint density at radius 3 is 2.38 bits per heavy atom. The Labute approximate surface area is 199 Å². The van der Waals surface area contributed by atoms with Crippen molar-refractivity contribution in [2.45, 2.75) is 46.7 Å². The summed E-state index contributed by atoms with van der Waals surface area (Å²) in [7, 11) is 0. The number of carboxylic acid groups (broad SMARTS) is 1. The van der Waals surface area contributed by atoms with Crippen LogP contribution in [0.3, 0.4) is 0 Å². The summed E-state index contributed by atoms with van der Waals surface area (Å²) >= 11 is 11.7. The van der Waals surface area contributed by atoms with Crippen molar-refractivity contribution in [2.24, 2.45) is 5.92 Å². The predicted octanol–water partition coefficient (Wildman–Crippen LogP) is 4.19. The Hall–Kier alpha value is -2.64. The minimum atomic E-state index is -1.20. The number of thiocarbonyl (C=S) groups is 1. The first-order valence-electron chi connectivity index (χ1n) is 10.4. The van der Waals surface area contributed by atoms with Gasteiger partial charge in [-0.15, -0.1) is 0 Å². The summed E-state index contributed by atoms with van der Waals surface area (Å²) in [4.78, 5) is 25.5. The molecular weight excluding hydrogens is 448 g/mol. The molecule has 0 radical (unpaired) electrons. The lowest BCUT2D eigenvalue weighted by atomic mass is 10.0. The largest absolute Gasteiger partial charge is 0.548 e. The number of rotatable bonds is 9. The van der Waals surface area contributed by atoms with Crippen molar-refractivity contribution in [2.75, 3.05) is 11.9 Å². The number of nitrogens with one attached hydrogen (secondary N) is 1. The maximum atomic E-state index is 12.0. The van der Waals surface area contributed by atoms with Gasteiger partial charge in [0, 0.05) is 17.3 Å². The zero-order chi connectivity index (χ0) is 23.8. The van der Waals surface area contributed by atoms with Crippen molar-refractivity contribution in [1.29, 1.82) is 0 Å². The van der Waals surface area contributed by atoms with Gasteiger partial charge in [-0.05, 0) is 79.9 Å². The van der Waals surface area contributed by atoms with Crippen molar-refractivity contribution in [3.63, 3.8) is 0 Å². The van der Waals surface area contributed by atoms with E-state index in [2.05, 4.69) is 5.32 Å². The molecule has 1 atom stereocenters. The predicted molar refractivity (Wildman–Crippen MR) is 129 cm³/mol. The molecule has 1 N–H and O–H groups in total. The van der Waals surface area contributed by atoms with E-state index in [4.69, 9.17) is 28.6 Å². The molecule has 0 spiro atoms. The van der Waals surface area contributed by atoms with Gasteiger partial charge >= 0.3 is 5.97 Å². The standard InChI is InChI=1S/C24H29ClN2O4S/c1-5-31-23(30)18-8-6-17(7-9-18)14-27(21(22(28)29)12-15(2)3)24(32)26-19-10-11-20(25)16(4)13-19/h6-11,13,15,21H,5,12,14H2,1-4H3,(H,26,32)(H,28,29)/p-1. The molecule has 0 saturated carbocycles. The minimum Gasteiger partial charge on any atom is -0.548 e. The first-order valence-corrected chi connectivity index (χ1v) is 11.2. The SMILES string of the molecule is CCOC(=O)c1ccc(CN(C(=S)Nc2ccc(Cl)c(C)c2)C(CC(C)C)C(=O)[O-])cc1. The van der Waals surface area contributed by atoms with Crippen LogP contribution in [0.15, 0.2) is 42.5 Å². The third kappa shape index (κ3) is 7.21. The van der Waals surface area contributed by atoms with E-state index in [1.165, 1.54) is 0 Å². The van der Waals surface area contributed by atoms with Crippen molar-refractivity contribution in [3.8, 4) is 0 Å². The van der Waals surface area contributed by atoms with E-state index in [1.54, 1.807) is 48.2 Å². The highest BCUT2D eigenvalue weighted by Gasteiger charge is 2.24. The Kier molecular flexibility index (Phi) is 9.47. The summed E-state index contributed by atoms with van der Waals surface area (Å²) in [6.07, 6.45) is 0.366. The number of benzene rings is 2. The lowest BCUT2D eigenvalue weighted by Crippen LogP contribution is -2.52. The number of ether oxygens (including phenoxy) is 1. The molecule has 0 bridgehead atoms. The van der Waals surface area contributed by atoms with Crippen LogP contribution >= 0.6 is 23.8 Å². The third-order valence-corrected chi connectivity index (χ3v) is 5.59. The normalized spacial score (nSPS) is 11.7. The van der Waals surface area contributed by atoms with Crippen LogP contribution in [0.5, 0.6) is 0 Å². The Morgan fingerprint density at radius 1 is 1.19 bits per heavy atom. The monoisotopic (exact) mass is 475 g/mol. The number of carbonyl (C=O) groups is 2. The molecule has 0 amide bonds. The quantitative estimate of drug-likeness (QED) is 0.430. The molecule has 0 saturated heterocycles. The maximum absolute atomic E-state index is 12.0. The van der Waals surface area contributed by atoms with Gasteiger partial charge in [-0.25, -0.2) is 4.79 Å². The zero-order valence-corrected chi connectivity index (χ0v) is 20.3. The molecule has 2 rings (SSSR count). The number of halogens is 1. The molecular formula is C24H28ClN2O4S-. The van der Waals surface area contributed by atoms with E-state index >= 15 is 0 Å². The number of hydrogen-bond acceptors (Lipinski definition) is 5. The number of nitrogens with zero attached hydrogens (tertiary/aromatic N) is 1.